The molecule has 1 saturated carbocycles. The fourth-order valence-electron chi connectivity index (χ4n) is 3.08. The highest BCUT2D eigenvalue weighted by Gasteiger charge is 2.30. The predicted molar refractivity (Wildman–Crippen MR) is 77.1 cm³/mol. The molecule has 4 heteroatoms. The van der Waals surface area contributed by atoms with E-state index in [1.807, 2.05) is 6.07 Å². The van der Waals surface area contributed by atoms with E-state index >= 15 is 0 Å². The second kappa shape index (κ2) is 4.57. The van der Waals surface area contributed by atoms with Gasteiger partial charge in [-0.15, -0.1) is 0 Å². The van der Waals surface area contributed by atoms with Gasteiger partial charge in [-0.2, -0.15) is 0 Å². The number of alkyl halides is 1. The molecule has 3 rings (SSSR count). The third kappa shape index (κ3) is 2.03. The molecule has 0 saturated heterocycles. The third-order valence-corrected chi connectivity index (χ3v) is 5.37. The van der Waals surface area contributed by atoms with Crippen molar-refractivity contribution in [2.24, 2.45) is 11.8 Å². The number of imidazole rings is 1. The Balaban J connectivity index is 1.95. The molecular weight excluding hydrogens is 292 g/mol. The number of fused-ring (bicyclic) bond motifs is 1. The van der Waals surface area contributed by atoms with Gasteiger partial charge in [0.25, 0.3) is 0 Å². The zero-order valence-corrected chi connectivity index (χ0v) is 12.0. The van der Waals surface area contributed by atoms with Crippen LogP contribution < -0.4 is 5.69 Å². The molecule has 0 amide bonds. The SMILES string of the molecule is CC1CCCC1C(Br)c1ccc2[nH]c(=O)[nH]c2c1. The van der Waals surface area contributed by atoms with E-state index in [-0.39, 0.29) is 5.69 Å². The summed E-state index contributed by atoms with van der Waals surface area (Å²) < 4.78 is 0. The summed E-state index contributed by atoms with van der Waals surface area (Å²) in [5, 5.41) is 0. The number of hydrogen-bond donors (Lipinski definition) is 2. The molecule has 1 aliphatic rings. The molecule has 0 spiro atoms. The van der Waals surface area contributed by atoms with Gasteiger partial charge >= 0.3 is 5.69 Å². The Labute approximate surface area is 114 Å². The molecule has 3 atom stereocenters. The summed E-state index contributed by atoms with van der Waals surface area (Å²) in [6.45, 7) is 2.34. The van der Waals surface area contributed by atoms with Crippen LogP contribution in [-0.2, 0) is 0 Å². The van der Waals surface area contributed by atoms with Crippen molar-refractivity contribution in [3.63, 3.8) is 0 Å². The van der Waals surface area contributed by atoms with Gasteiger partial charge in [0.05, 0.1) is 11.0 Å². The first-order valence-electron chi connectivity index (χ1n) is 6.51. The standard InChI is InChI=1S/C14H17BrN2O/c1-8-3-2-4-10(8)13(15)9-5-6-11-12(7-9)17-14(18)16-11/h5-8,10,13H,2-4H2,1H3,(H2,16,17,18). The lowest BCUT2D eigenvalue weighted by Gasteiger charge is -2.22. The number of rotatable bonds is 2. The molecule has 1 aromatic carbocycles. The van der Waals surface area contributed by atoms with E-state index in [1.54, 1.807) is 0 Å². The van der Waals surface area contributed by atoms with Gasteiger partial charge in [0.2, 0.25) is 0 Å². The summed E-state index contributed by atoms with van der Waals surface area (Å²) >= 11 is 3.84. The van der Waals surface area contributed by atoms with Crippen molar-refractivity contribution in [1.82, 2.24) is 9.97 Å². The molecule has 2 aromatic rings. The Morgan fingerprint density at radius 1 is 1.28 bits per heavy atom. The van der Waals surface area contributed by atoms with Gasteiger partial charge in [-0.3, -0.25) is 0 Å². The van der Waals surface area contributed by atoms with Crippen LogP contribution in [0.5, 0.6) is 0 Å². The summed E-state index contributed by atoms with van der Waals surface area (Å²) in [6.07, 6.45) is 3.95. The maximum Gasteiger partial charge on any atom is 0.323 e. The Kier molecular flexibility index (Phi) is 3.06. The Morgan fingerprint density at radius 2 is 2.06 bits per heavy atom. The van der Waals surface area contributed by atoms with Gasteiger partial charge in [0.15, 0.2) is 0 Å². The van der Waals surface area contributed by atoms with Crippen LogP contribution in [-0.4, -0.2) is 9.97 Å². The van der Waals surface area contributed by atoms with Crippen molar-refractivity contribution < 1.29 is 0 Å². The van der Waals surface area contributed by atoms with Crippen LogP contribution in [0.15, 0.2) is 23.0 Å². The second-order valence-corrected chi connectivity index (χ2v) is 6.34. The van der Waals surface area contributed by atoms with Crippen molar-refractivity contribution >= 4 is 27.0 Å². The summed E-state index contributed by atoms with van der Waals surface area (Å²) in [6, 6.07) is 6.17. The Hall–Kier alpha value is -1.03. The van der Waals surface area contributed by atoms with Crippen molar-refractivity contribution in [2.45, 2.75) is 31.0 Å². The van der Waals surface area contributed by atoms with E-state index in [9.17, 15) is 4.79 Å². The zero-order chi connectivity index (χ0) is 12.7. The fraction of sp³-hybridized carbons (Fsp3) is 0.500. The summed E-state index contributed by atoms with van der Waals surface area (Å²) in [4.78, 5) is 17.2. The lowest BCUT2D eigenvalue weighted by Crippen LogP contribution is -2.10. The second-order valence-electron chi connectivity index (χ2n) is 5.36. The van der Waals surface area contributed by atoms with Gasteiger partial charge in [0.1, 0.15) is 0 Å². The van der Waals surface area contributed by atoms with E-state index in [2.05, 4.69) is 45.0 Å². The van der Waals surface area contributed by atoms with Gasteiger partial charge in [0, 0.05) is 4.83 Å². The minimum Gasteiger partial charge on any atom is -0.306 e. The molecule has 3 nitrogen and oxygen atoms in total. The molecule has 3 unspecified atom stereocenters. The minimum absolute atomic E-state index is 0.137. The molecule has 0 radical (unpaired) electrons. The van der Waals surface area contributed by atoms with Gasteiger partial charge in [-0.05, 0) is 36.0 Å². The molecule has 18 heavy (non-hydrogen) atoms. The monoisotopic (exact) mass is 308 g/mol. The van der Waals surface area contributed by atoms with Crippen LogP contribution >= 0.6 is 15.9 Å². The summed E-state index contributed by atoms with van der Waals surface area (Å²) in [7, 11) is 0. The lowest BCUT2D eigenvalue weighted by molar-refractivity contribution is 0.414. The van der Waals surface area contributed by atoms with Crippen molar-refractivity contribution in [3.8, 4) is 0 Å². The fourth-order valence-corrected chi connectivity index (χ4v) is 4.15. The minimum atomic E-state index is -0.137. The van der Waals surface area contributed by atoms with Gasteiger partial charge < -0.3 is 9.97 Å². The summed E-state index contributed by atoms with van der Waals surface area (Å²) in [5.74, 6) is 1.48. The van der Waals surface area contributed by atoms with Crippen LogP contribution in [0.2, 0.25) is 0 Å². The topological polar surface area (TPSA) is 48.6 Å². The van der Waals surface area contributed by atoms with Gasteiger partial charge in [-0.1, -0.05) is 41.8 Å². The number of aromatic nitrogens is 2. The lowest BCUT2D eigenvalue weighted by atomic mass is 9.91. The van der Waals surface area contributed by atoms with Crippen LogP contribution in [0.25, 0.3) is 11.0 Å². The smallest absolute Gasteiger partial charge is 0.306 e. The van der Waals surface area contributed by atoms with E-state index < -0.39 is 0 Å². The molecule has 2 N–H and O–H groups in total. The first-order valence-corrected chi connectivity index (χ1v) is 7.43. The quantitative estimate of drug-likeness (QED) is 0.816. The van der Waals surface area contributed by atoms with Crippen LogP contribution in [0.1, 0.15) is 36.6 Å². The highest BCUT2D eigenvalue weighted by atomic mass is 79.9. The molecule has 1 aromatic heterocycles. The number of nitrogens with one attached hydrogen (secondary N) is 2. The van der Waals surface area contributed by atoms with E-state index in [0.717, 1.165) is 17.0 Å². The Morgan fingerprint density at radius 3 is 2.78 bits per heavy atom. The highest BCUT2D eigenvalue weighted by molar-refractivity contribution is 9.09. The molecule has 1 heterocycles. The van der Waals surface area contributed by atoms with Gasteiger partial charge in [-0.25, -0.2) is 4.79 Å². The molecule has 1 fully saturated rings. The average Bonchev–Trinajstić information content (AvgIpc) is 2.91. The third-order valence-electron chi connectivity index (χ3n) is 4.16. The van der Waals surface area contributed by atoms with E-state index in [1.165, 1.54) is 24.8 Å². The zero-order valence-electron chi connectivity index (χ0n) is 10.4. The number of benzene rings is 1. The summed E-state index contributed by atoms with van der Waals surface area (Å²) in [5.41, 5.74) is 2.90. The van der Waals surface area contributed by atoms with E-state index in [4.69, 9.17) is 0 Å². The van der Waals surface area contributed by atoms with Crippen LogP contribution in [0.3, 0.4) is 0 Å². The van der Waals surface area contributed by atoms with Crippen molar-refractivity contribution in [3.05, 3.63) is 34.2 Å². The van der Waals surface area contributed by atoms with Crippen molar-refractivity contribution in [1.29, 1.82) is 0 Å². The number of halogens is 1. The Bertz CT molecular complexity index is 616. The molecule has 96 valence electrons. The molecule has 0 aliphatic heterocycles. The molecular formula is C14H17BrN2O. The predicted octanol–water partition coefficient (Wildman–Crippen LogP) is 3.73. The first kappa shape index (κ1) is 12.0. The maximum atomic E-state index is 11.3. The molecule has 1 aliphatic carbocycles. The number of aromatic amines is 2. The van der Waals surface area contributed by atoms with Crippen molar-refractivity contribution in [2.75, 3.05) is 0 Å². The van der Waals surface area contributed by atoms with Crippen LogP contribution in [0, 0.1) is 11.8 Å². The van der Waals surface area contributed by atoms with E-state index in [0.29, 0.717) is 10.7 Å². The average molecular weight is 309 g/mol. The molecule has 0 bridgehead atoms. The largest absolute Gasteiger partial charge is 0.323 e. The highest BCUT2D eigenvalue weighted by Crippen LogP contribution is 2.44. The first-order chi connectivity index (χ1) is 8.65. The number of H-pyrrole nitrogens is 2. The van der Waals surface area contributed by atoms with Crippen LogP contribution in [0.4, 0.5) is 0 Å². The normalized spacial score (nSPS) is 25.7. The number of hydrogen-bond acceptors (Lipinski definition) is 1. The maximum absolute atomic E-state index is 11.3.